The SMILES string of the molecule is Cc1cc(F)ccc1-c1nc(NCCNC(CNC#N)Oc2ccccc2)nc2c1ccc(=O)n2-c1c(F)cccc1F. The fourth-order valence-electron chi connectivity index (χ4n) is 4.58. The van der Waals surface area contributed by atoms with Crippen molar-refractivity contribution in [1.29, 1.82) is 5.26 Å². The molecule has 1 atom stereocenters. The van der Waals surface area contributed by atoms with Gasteiger partial charge < -0.3 is 15.4 Å². The molecule has 0 aliphatic carbocycles. The van der Waals surface area contributed by atoms with Gasteiger partial charge in [0, 0.05) is 30.1 Å². The van der Waals surface area contributed by atoms with Gasteiger partial charge in [-0.15, -0.1) is 0 Å². The first-order valence-electron chi connectivity index (χ1n) is 13.3. The standard InChI is InChI=1S/C31H26F3N7O2/c1-19-16-20(32)10-11-22(19)28-23-12-13-27(42)41(29-24(33)8-5-9-25(29)34)30(23)40-31(39-28)38-15-14-37-26(17-36-18-35)43-21-6-3-2-4-7-21/h2-13,16,26,36-37H,14-15,17H2,1H3,(H,38,39,40). The van der Waals surface area contributed by atoms with Crippen LogP contribution in [-0.4, -0.2) is 40.4 Å². The van der Waals surface area contributed by atoms with Crippen LogP contribution in [0.2, 0.25) is 0 Å². The van der Waals surface area contributed by atoms with Gasteiger partial charge in [-0.1, -0.05) is 24.3 Å². The Bertz CT molecular complexity index is 1840. The summed E-state index contributed by atoms with van der Waals surface area (Å²) in [6.45, 7) is 2.50. The van der Waals surface area contributed by atoms with Crippen molar-refractivity contribution in [3.63, 3.8) is 0 Å². The van der Waals surface area contributed by atoms with Gasteiger partial charge >= 0.3 is 0 Å². The zero-order valence-electron chi connectivity index (χ0n) is 22.9. The lowest BCUT2D eigenvalue weighted by molar-refractivity contribution is 0.167. The van der Waals surface area contributed by atoms with Crippen LogP contribution in [0.15, 0.2) is 83.7 Å². The molecule has 3 aromatic carbocycles. The second kappa shape index (κ2) is 13.1. The summed E-state index contributed by atoms with van der Waals surface area (Å²) in [6, 6.07) is 19.2. The molecule has 5 aromatic rings. The summed E-state index contributed by atoms with van der Waals surface area (Å²) < 4.78 is 50.5. The molecule has 9 nitrogen and oxygen atoms in total. The minimum absolute atomic E-state index is 0.0378. The number of hydrogen-bond donors (Lipinski definition) is 3. The highest BCUT2D eigenvalue weighted by Crippen LogP contribution is 2.31. The summed E-state index contributed by atoms with van der Waals surface area (Å²) in [7, 11) is 0. The lowest BCUT2D eigenvalue weighted by Gasteiger charge is -2.20. The number of aryl methyl sites for hydroxylation is 1. The van der Waals surface area contributed by atoms with E-state index >= 15 is 0 Å². The largest absolute Gasteiger partial charge is 0.473 e. The molecular formula is C31H26F3N7O2. The number of ether oxygens (including phenoxy) is 1. The third kappa shape index (κ3) is 6.58. The minimum atomic E-state index is -0.943. The van der Waals surface area contributed by atoms with Crippen molar-refractivity contribution < 1.29 is 17.9 Å². The number of pyridine rings is 1. The van der Waals surface area contributed by atoms with Crippen molar-refractivity contribution in [2.24, 2.45) is 0 Å². The van der Waals surface area contributed by atoms with Gasteiger partial charge in [0.15, 0.2) is 18.1 Å². The summed E-state index contributed by atoms with van der Waals surface area (Å²) >= 11 is 0. The molecule has 12 heteroatoms. The van der Waals surface area contributed by atoms with Gasteiger partial charge in [0.1, 0.15) is 28.9 Å². The van der Waals surface area contributed by atoms with Gasteiger partial charge in [0.2, 0.25) is 5.95 Å². The average Bonchev–Trinajstić information content (AvgIpc) is 2.99. The number of anilines is 1. The van der Waals surface area contributed by atoms with Gasteiger partial charge in [-0.2, -0.15) is 10.2 Å². The molecular weight excluding hydrogens is 559 g/mol. The van der Waals surface area contributed by atoms with Crippen molar-refractivity contribution >= 4 is 17.0 Å². The molecule has 0 fully saturated rings. The number of benzene rings is 3. The highest BCUT2D eigenvalue weighted by molar-refractivity contribution is 5.93. The highest BCUT2D eigenvalue weighted by atomic mass is 19.1. The van der Waals surface area contributed by atoms with Crippen LogP contribution in [0.25, 0.3) is 28.0 Å². The van der Waals surface area contributed by atoms with Crippen LogP contribution in [0.5, 0.6) is 5.75 Å². The Labute approximate surface area is 244 Å². The molecule has 0 saturated heterocycles. The first-order chi connectivity index (χ1) is 20.9. The van der Waals surface area contributed by atoms with E-state index in [0.717, 1.165) is 16.7 Å². The van der Waals surface area contributed by atoms with E-state index in [1.54, 1.807) is 25.1 Å². The van der Waals surface area contributed by atoms with Gasteiger partial charge in [0.25, 0.3) is 5.56 Å². The molecule has 0 radical (unpaired) electrons. The van der Waals surface area contributed by atoms with E-state index in [9.17, 15) is 18.0 Å². The minimum Gasteiger partial charge on any atom is -0.473 e. The van der Waals surface area contributed by atoms with E-state index in [4.69, 9.17) is 10.00 Å². The third-order valence-corrected chi connectivity index (χ3v) is 6.52. The lowest BCUT2D eigenvalue weighted by atomic mass is 10.0. The fourth-order valence-corrected chi connectivity index (χ4v) is 4.58. The zero-order valence-corrected chi connectivity index (χ0v) is 22.9. The molecule has 0 aliphatic rings. The van der Waals surface area contributed by atoms with Crippen molar-refractivity contribution in [2.45, 2.75) is 13.2 Å². The smallest absolute Gasteiger partial charge is 0.256 e. The van der Waals surface area contributed by atoms with E-state index in [1.165, 1.54) is 30.3 Å². The Hall–Kier alpha value is -5.41. The van der Waals surface area contributed by atoms with Gasteiger partial charge in [-0.3, -0.25) is 14.7 Å². The summed E-state index contributed by atoms with van der Waals surface area (Å²) in [4.78, 5) is 22.2. The molecule has 5 rings (SSSR count). The van der Waals surface area contributed by atoms with Crippen molar-refractivity contribution in [2.75, 3.05) is 25.0 Å². The maximum Gasteiger partial charge on any atom is 0.256 e. The van der Waals surface area contributed by atoms with Crippen molar-refractivity contribution in [3.05, 3.63) is 112 Å². The predicted octanol–water partition coefficient (Wildman–Crippen LogP) is 4.65. The van der Waals surface area contributed by atoms with Crippen molar-refractivity contribution in [1.82, 2.24) is 25.2 Å². The van der Waals surface area contributed by atoms with E-state index in [0.29, 0.717) is 34.5 Å². The first-order valence-corrected chi connectivity index (χ1v) is 13.3. The number of rotatable bonds is 11. The van der Waals surface area contributed by atoms with E-state index in [1.807, 2.05) is 24.4 Å². The molecule has 0 spiro atoms. The molecule has 0 amide bonds. The summed E-state index contributed by atoms with van der Waals surface area (Å²) in [5.41, 5.74) is 0.144. The Morgan fingerprint density at radius 2 is 1.72 bits per heavy atom. The zero-order chi connectivity index (χ0) is 30.3. The number of nitrogens with zero attached hydrogens (tertiary/aromatic N) is 4. The van der Waals surface area contributed by atoms with Crippen LogP contribution >= 0.6 is 0 Å². The Balaban J connectivity index is 1.50. The second-order valence-corrected chi connectivity index (χ2v) is 9.46. The van der Waals surface area contributed by atoms with Crippen LogP contribution < -0.4 is 26.2 Å². The lowest BCUT2D eigenvalue weighted by Crippen LogP contribution is -2.43. The molecule has 1 unspecified atom stereocenters. The van der Waals surface area contributed by atoms with E-state index in [2.05, 4.69) is 25.9 Å². The molecule has 0 aliphatic heterocycles. The summed E-state index contributed by atoms with van der Waals surface area (Å²) in [5.74, 6) is -1.64. The molecule has 0 bridgehead atoms. The predicted molar refractivity (Wildman–Crippen MR) is 156 cm³/mol. The van der Waals surface area contributed by atoms with Gasteiger partial charge in [0.05, 0.1) is 12.2 Å². The second-order valence-electron chi connectivity index (χ2n) is 9.46. The van der Waals surface area contributed by atoms with Gasteiger partial charge in [-0.05, 0) is 61.0 Å². The maximum absolute atomic E-state index is 14.9. The van der Waals surface area contributed by atoms with Gasteiger partial charge in [-0.25, -0.2) is 18.2 Å². The van der Waals surface area contributed by atoms with Crippen LogP contribution in [-0.2, 0) is 0 Å². The van der Waals surface area contributed by atoms with Crippen LogP contribution in [0.1, 0.15) is 5.56 Å². The Morgan fingerprint density at radius 3 is 2.44 bits per heavy atom. The monoisotopic (exact) mass is 585 g/mol. The number of hydrogen-bond acceptors (Lipinski definition) is 8. The Morgan fingerprint density at radius 1 is 0.953 bits per heavy atom. The average molecular weight is 586 g/mol. The fraction of sp³-hybridized carbons (Fsp3) is 0.161. The Kier molecular flexibility index (Phi) is 8.83. The highest BCUT2D eigenvalue weighted by Gasteiger charge is 2.20. The molecule has 3 N–H and O–H groups in total. The maximum atomic E-state index is 14.9. The van der Waals surface area contributed by atoms with Crippen LogP contribution in [0.4, 0.5) is 19.1 Å². The number of nitrogens with one attached hydrogen (secondary N) is 3. The number of aromatic nitrogens is 3. The molecule has 43 heavy (non-hydrogen) atoms. The molecule has 218 valence electrons. The quantitative estimate of drug-likeness (QED) is 0.0888. The third-order valence-electron chi connectivity index (χ3n) is 6.52. The van der Waals surface area contributed by atoms with E-state index in [-0.39, 0.29) is 24.7 Å². The number of para-hydroxylation sites is 2. The topological polar surface area (TPSA) is 117 Å². The molecule has 2 aromatic heterocycles. The first kappa shape index (κ1) is 29.1. The number of fused-ring (bicyclic) bond motifs is 1. The normalized spacial score (nSPS) is 11.6. The van der Waals surface area contributed by atoms with Crippen molar-refractivity contribution in [3.8, 4) is 28.9 Å². The number of nitriles is 1. The summed E-state index contributed by atoms with van der Waals surface area (Å²) in [5, 5.41) is 18.1. The number of halogens is 3. The van der Waals surface area contributed by atoms with E-state index < -0.39 is 34.9 Å². The summed E-state index contributed by atoms with van der Waals surface area (Å²) in [6.07, 6.45) is 1.32. The molecule has 2 heterocycles. The van der Waals surface area contributed by atoms with Crippen LogP contribution in [0, 0.1) is 35.8 Å². The molecule has 0 saturated carbocycles. The van der Waals surface area contributed by atoms with Crippen LogP contribution in [0.3, 0.4) is 0 Å².